The van der Waals surface area contributed by atoms with E-state index in [4.69, 9.17) is 0 Å². The lowest BCUT2D eigenvalue weighted by molar-refractivity contribution is -0.142. The number of carboxylic acids is 1. The number of carboxylic acid groups (broad SMARTS) is 1. The molecule has 0 aromatic heterocycles. The number of para-hydroxylation sites is 1. The van der Waals surface area contributed by atoms with Gasteiger partial charge in [-0.2, -0.15) is 0 Å². The molecule has 1 fully saturated rings. The molecule has 0 bridgehead atoms. The smallest absolute Gasteiger partial charge is 0.329 e. The number of benzene rings is 2. The standard InChI is InChI=1S/C18H18BrN3O3/c19-13-5-4-8-15(11-13)22(14-6-2-1-3-7-14)18(25)21-10-9-20-12-16(21)17(23)24/h1-8,11,16,20H,9-10,12H2,(H,23,24). The van der Waals surface area contributed by atoms with Crippen molar-refractivity contribution in [3.05, 3.63) is 59.1 Å². The molecule has 1 atom stereocenters. The fourth-order valence-electron chi connectivity index (χ4n) is 2.84. The summed E-state index contributed by atoms with van der Waals surface area (Å²) in [5.41, 5.74) is 1.36. The maximum absolute atomic E-state index is 13.3. The Bertz CT molecular complexity index is 769. The summed E-state index contributed by atoms with van der Waals surface area (Å²) in [6.07, 6.45) is 0. The number of carbonyl (C=O) groups excluding carboxylic acids is 1. The molecule has 2 amide bonds. The second-order valence-electron chi connectivity index (χ2n) is 5.68. The number of halogens is 1. The molecule has 2 aromatic carbocycles. The van der Waals surface area contributed by atoms with Crippen molar-refractivity contribution in [2.24, 2.45) is 0 Å². The first-order valence-electron chi connectivity index (χ1n) is 7.93. The quantitative estimate of drug-likeness (QED) is 0.825. The molecule has 1 heterocycles. The van der Waals surface area contributed by atoms with Crippen molar-refractivity contribution >= 4 is 39.3 Å². The van der Waals surface area contributed by atoms with Crippen molar-refractivity contribution in [3.63, 3.8) is 0 Å². The number of rotatable bonds is 3. The van der Waals surface area contributed by atoms with Crippen LogP contribution in [0.4, 0.5) is 16.2 Å². The highest BCUT2D eigenvalue weighted by Crippen LogP contribution is 2.29. The fourth-order valence-corrected chi connectivity index (χ4v) is 3.23. The molecular weight excluding hydrogens is 386 g/mol. The third kappa shape index (κ3) is 3.83. The van der Waals surface area contributed by atoms with E-state index in [9.17, 15) is 14.7 Å². The molecule has 7 heteroatoms. The van der Waals surface area contributed by atoms with Crippen molar-refractivity contribution in [1.82, 2.24) is 10.2 Å². The minimum Gasteiger partial charge on any atom is -0.480 e. The number of amides is 2. The molecule has 0 radical (unpaired) electrons. The van der Waals surface area contributed by atoms with Crippen LogP contribution in [0.25, 0.3) is 0 Å². The summed E-state index contributed by atoms with van der Waals surface area (Å²) in [6, 6.07) is 15.4. The van der Waals surface area contributed by atoms with Gasteiger partial charge in [-0.1, -0.05) is 40.2 Å². The van der Waals surface area contributed by atoms with Gasteiger partial charge >= 0.3 is 12.0 Å². The summed E-state index contributed by atoms with van der Waals surface area (Å²) in [7, 11) is 0. The number of anilines is 2. The maximum atomic E-state index is 13.3. The van der Waals surface area contributed by atoms with E-state index < -0.39 is 12.0 Å². The van der Waals surface area contributed by atoms with E-state index in [-0.39, 0.29) is 12.6 Å². The van der Waals surface area contributed by atoms with E-state index in [0.717, 1.165) is 4.47 Å². The molecule has 0 saturated carbocycles. The number of aliphatic carboxylic acids is 1. The van der Waals surface area contributed by atoms with E-state index in [1.807, 2.05) is 54.6 Å². The molecule has 3 rings (SSSR count). The van der Waals surface area contributed by atoms with Gasteiger partial charge in [0.25, 0.3) is 0 Å². The van der Waals surface area contributed by atoms with Crippen LogP contribution in [0.2, 0.25) is 0 Å². The highest BCUT2D eigenvalue weighted by atomic mass is 79.9. The topological polar surface area (TPSA) is 72.9 Å². The Morgan fingerprint density at radius 3 is 2.52 bits per heavy atom. The lowest BCUT2D eigenvalue weighted by Gasteiger charge is -2.37. The van der Waals surface area contributed by atoms with Crippen molar-refractivity contribution in [1.29, 1.82) is 0 Å². The molecule has 6 nitrogen and oxygen atoms in total. The summed E-state index contributed by atoms with van der Waals surface area (Å²) in [4.78, 5) is 27.8. The molecule has 1 aliphatic heterocycles. The van der Waals surface area contributed by atoms with Crippen LogP contribution in [-0.2, 0) is 4.79 Å². The molecule has 0 spiro atoms. The van der Waals surface area contributed by atoms with Gasteiger partial charge in [-0.15, -0.1) is 0 Å². The van der Waals surface area contributed by atoms with Crippen LogP contribution >= 0.6 is 15.9 Å². The molecule has 1 aliphatic rings. The molecule has 2 aromatic rings. The summed E-state index contributed by atoms with van der Waals surface area (Å²) < 4.78 is 0.842. The number of hydrogen-bond donors (Lipinski definition) is 2. The number of nitrogens with zero attached hydrogens (tertiary/aromatic N) is 2. The van der Waals surface area contributed by atoms with Crippen molar-refractivity contribution in [3.8, 4) is 0 Å². The normalized spacial score (nSPS) is 17.2. The van der Waals surface area contributed by atoms with Crippen molar-refractivity contribution < 1.29 is 14.7 Å². The van der Waals surface area contributed by atoms with Gasteiger partial charge in [0.2, 0.25) is 0 Å². The first-order chi connectivity index (χ1) is 12.1. The molecular formula is C18H18BrN3O3. The van der Waals surface area contributed by atoms with E-state index in [1.165, 1.54) is 4.90 Å². The lowest BCUT2D eigenvalue weighted by atomic mass is 10.2. The van der Waals surface area contributed by atoms with Crippen LogP contribution in [0.5, 0.6) is 0 Å². The molecule has 1 unspecified atom stereocenters. The van der Waals surface area contributed by atoms with Gasteiger partial charge in [-0.3, -0.25) is 4.90 Å². The van der Waals surface area contributed by atoms with Crippen LogP contribution in [0.3, 0.4) is 0 Å². The SMILES string of the molecule is O=C(O)C1CNCCN1C(=O)N(c1ccccc1)c1cccc(Br)c1. The van der Waals surface area contributed by atoms with Crippen LogP contribution < -0.4 is 10.2 Å². The largest absolute Gasteiger partial charge is 0.480 e. The Morgan fingerprint density at radius 2 is 1.84 bits per heavy atom. The summed E-state index contributed by atoms with van der Waals surface area (Å²) in [5, 5.41) is 12.5. The average molecular weight is 404 g/mol. The zero-order chi connectivity index (χ0) is 17.8. The van der Waals surface area contributed by atoms with E-state index in [1.54, 1.807) is 4.90 Å². The average Bonchev–Trinajstić information content (AvgIpc) is 2.63. The van der Waals surface area contributed by atoms with Gasteiger partial charge < -0.3 is 15.3 Å². The Balaban J connectivity index is 2.02. The van der Waals surface area contributed by atoms with Crippen molar-refractivity contribution in [2.45, 2.75) is 6.04 Å². The van der Waals surface area contributed by atoms with E-state index in [0.29, 0.717) is 24.5 Å². The van der Waals surface area contributed by atoms with E-state index in [2.05, 4.69) is 21.2 Å². The Morgan fingerprint density at radius 1 is 1.12 bits per heavy atom. The van der Waals surface area contributed by atoms with Gasteiger partial charge in [0.1, 0.15) is 6.04 Å². The predicted octanol–water partition coefficient (Wildman–Crippen LogP) is 3.07. The summed E-state index contributed by atoms with van der Waals surface area (Å²) in [5.74, 6) is -1.01. The maximum Gasteiger partial charge on any atom is 0.329 e. The minimum absolute atomic E-state index is 0.238. The molecule has 2 N–H and O–H groups in total. The minimum atomic E-state index is -1.01. The Labute approximate surface area is 154 Å². The summed E-state index contributed by atoms with van der Waals surface area (Å²) in [6.45, 7) is 1.14. The number of hydrogen-bond acceptors (Lipinski definition) is 3. The zero-order valence-corrected chi connectivity index (χ0v) is 15.0. The highest BCUT2D eigenvalue weighted by Gasteiger charge is 2.35. The number of nitrogens with one attached hydrogen (secondary N) is 1. The first-order valence-corrected chi connectivity index (χ1v) is 8.72. The lowest BCUT2D eigenvalue weighted by Crippen LogP contribution is -2.59. The van der Waals surface area contributed by atoms with Crippen molar-refractivity contribution in [2.75, 3.05) is 24.5 Å². The number of urea groups is 1. The number of piperazine rings is 1. The van der Waals surface area contributed by atoms with E-state index >= 15 is 0 Å². The fraction of sp³-hybridized carbons (Fsp3) is 0.222. The molecule has 25 heavy (non-hydrogen) atoms. The van der Waals surface area contributed by atoms with Crippen LogP contribution in [0, 0.1) is 0 Å². The van der Waals surface area contributed by atoms with Gasteiger partial charge in [0, 0.05) is 24.1 Å². The molecule has 0 aliphatic carbocycles. The molecule has 1 saturated heterocycles. The third-order valence-electron chi connectivity index (χ3n) is 4.05. The first kappa shape index (κ1) is 17.4. The van der Waals surface area contributed by atoms with Gasteiger partial charge in [-0.05, 0) is 30.3 Å². The van der Waals surface area contributed by atoms with Crippen LogP contribution in [0.1, 0.15) is 0 Å². The van der Waals surface area contributed by atoms with Gasteiger partial charge in [0.15, 0.2) is 0 Å². The highest BCUT2D eigenvalue weighted by molar-refractivity contribution is 9.10. The van der Waals surface area contributed by atoms with Crippen LogP contribution in [0.15, 0.2) is 59.1 Å². The zero-order valence-electron chi connectivity index (χ0n) is 13.4. The van der Waals surface area contributed by atoms with Gasteiger partial charge in [0.05, 0.1) is 11.4 Å². The monoisotopic (exact) mass is 403 g/mol. The second kappa shape index (κ2) is 7.67. The third-order valence-corrected chi connectivity index (χ3v) is 4.54. The summed E-state index contributed by atoms with van der Waals surface area (Å²) >= 11 is 3.43. The number of carbonyl (C=O) groups is 2. The second-order valence-corrected chi connectivity index (χ2v) is 6.60. The molecule has 130 valence electrons. The Kier molecular flexibility index (Phi) is 5.35. The van der Waals surface area contributed by atoms with Gasteiger partial charge in [-0.25, -0.2) is 9.59 Å². The van der Waals surface area contributed by atoms with Crippen LogP contribution in [-0.4, -0.2) is 47.7 Å². The predicted molar refractivity (Wildman–Crippen MR) is 99.1 cm³/mol. The Hall–Kier alpha value is -2.38.